The van der Waals surface area contributed by atoms with Crippen molar-refractivity contribution >= 4 is 164 Å². The van der Waals surface area contributed by atoms with E-state index in [-0.39, 0.29) is 5.92 Å². The number of fused-ring (bicyclic) bond motifs is 28. The van der Waals surface area contributed by atoms with Crippen molar-refractivity contribution in [3.63, 3.8) is 0 Å². The second-order valence-corrected chi connectivity index (χ2v) is 23.2. The zero-order chi connectivity index (χ0) is 53.4. The molecule has 0 saturated carbocycles. The molecule has 6 heteroatoms. The predicted octanol–water partition coefficient (Wildman–Crippen LogP) is 21.6. The molecule has 1 unspecified atom stereocenters. The van der Waals surface area contributed by atoms with E-state index in [0.29, 0.717) is 0 Å². The van der Waals surface area contributed by atoms with Crippen molar-refractivity contribution < 1.29 is 17.7 Å². The predicted molar refractivity (Wildman–Crippen MR) is 339 cm³/mol. The van der Waals surface area contributed by atoms with Crippen molar-refractivity contribution in [1.82, 2.24) is 8.80 Å². The van der Waals surface area contributed by atoms with E-state index in [4.69, 9.17) is 17.7 Å². The average Bonchev–Trinajstić information content (AvgIpc) is 2.13. The average molecular weight is 1050 g/mol. The molecule has 8 heterocycles. The van der Waals surface area contributed by atoms with Crippen molar-refractivity contribution in [3.05, 3.63) is 229 Å². The van der Waals surface area contributed by atoms with E-state index in [1.54, 1.807) is 0 Å². The molecule has 0 aliphatic heterocycles. The van der Waals surface area contributed by atoms with Crippen LogP contribution in [0.2, 0.25) is 0 Å². The SMILES string of the molecule is Cc1ccc(-c2cc3c4ccc5c6ccccc6oc5c4n4c3c(c2)c2ccc3c5ccc(CC(C)c6ccc(-c7cc8c9ccc%10c%11ccccc%11oc%10c9n9c8c(c7)c7ccc8c%10ccccc%10oc8c79)cc6)cc5oc3c24)cc1. The number of hydrogen-bond acceptors (Lipinski definition) is 4. The van der Waals surface area contributed by atoms with Gasteiger partial charge in [-0.1, -0.05) is 152 Å². The monoisotopic (exact) mass is 1050 g/mol. The molecule has 0 N–H and O–H groups in total. The molecule has 0 fully saturated rings. The Morgan fingerprint density at radius 1 is 0.293 bits per heavy atom. The third kappa shape index (κ3) is 5.49. The second kappa shape index (κ2) is 15.2. The van der Waals surface area contributed by atoms with Crippen LogP contribution in [-0.2, 0) is 6.42 Å². The highest BCUT2D eigenvalue weighted by Crippen LogP contribution is 2.50. The minimum atomic E-state index is 0.255. The van der Waals surface area contributed by atoms with E-state index >= 15 is 0 Å². The third-order valence-corrected chi connectivity index (χ3v) is 18.7. The molecule has 6 nitrogen and oxygen atoms in total. The Kier molecular flexibility index (Phi) is 8.04. The van der Waals surface area contributed by atoms with E-state index in [2.05, 4.69) is 223 Å². The Hall–Kier alpha value is -10.6. The summed E-state index contributed by atoms with van der Waals surface area (Å²) >= 11 is 0. The highest BCUT2D eigenvalue weighted by atomic mass is 16.3. The molecule has 20 rings (SSSR count). The smallest absolute Gasteiger partial charge is 0.160 e. The first kappa shape index (κ1) is 43.3. The van der Waals surface area contributed by atoms with Crippen molar-refractivity contribution in [1.29, 1.82) is 0 Å². The summed E-state index contributed by atoms with van der Waals surface area (Å²) in [5, 5.41) is 18.4. The summed E-state index contributed by atoms with van der Waals surface area (Å²) in [7, 11) is 0. The summed E-state index contributed by atoms with van der Waals surface area (Å²) in [6, 6.07) is 77.7. The molecule has 0 amide bonds. The minimum Gasteiger partial charge on any atom is -0.454 e. The van der Waals surface area contributed by atoms with Gasteiger partial charge < -0.3 is 26.5 Å². The van der Waals surface area contributed by atoms with Crippen LogP contribution >= 0.6 is 0 Å². The molecule has 0 aliphatic rings. The van der Waals surface area contributed by atoms with Crippen LogP contribution in [-0.4, -0.2) is 8.80 Å². The number of furan rings is 4. The molecule has 0 saturated heterocycles. The molecule has 382 valence electrons. The number of nitrogens with zero attached hydrogens (tertiary/aromatic N) is 2. The van der Waals surface area contributed by atoms with Gasteiger partial charge in [-0.15, -0.1) is 0 Å². The summed E-state index contributed by atoms with van der Waals surface area (Å²) in [5.74, 6) is 0.255. The lowest BCUT2D eigenvalue weighted by Gasteiger charge is -2.13. The Labute approximate surface area is 465 Å². The van der Waals surface area contributed by atoms with Crippen LogP contribution < -0.4 is 0 Å². The first-order chi connectivity index (χ1) is 40.5. The summed E-state index contributed by atoms with van der Waals surface area (Å²) < 4.78 is 32.5. The Balaban J connectivity index is 0.703. The lowest BCUT2D eigenvalue weighted by molar-refractivity contribution is 0.668. The molecule has 82 heavy (non-hydrogen) atoms. The van der Waals surface area contributed by atoms with Crippen LogP contribution in [0.5, 0.6) is 0 Å². The number of benzene rings is 12. The van der Waals surface area contributed by atoms with Crippen LogP contribution in [0.1, 0.15) is 29.5 Å². The topological polar surface area (TPSA) is 61.4 Å². The van der Waals surface area contributed by atoms with Crippen molar-refractivity contribution in [2.45, 2.75) is 26.2 Å². The summed E-state index contributed by atoms with van der Waals surface area (Å²) in [4.78, 5) is 0. The van der Waals surface area contributed by atoms with Crippen LogP contribution in [0.15, 0.2) is 230 Å². The lowest BCUT2D eigenvalue weighted by atomic mass is 9.91. The maximum absolute atomic E-state index is 7.17. The highest BCUT2D eigenvalue weighted by Gasteiger charge is 2.28. The van der Waals surface area contributed by atoms with Crippen molar-refractivity contribution in [3.8, 4) is 22.3 Å². The molecular formula is C76H44N2O4. The zero-order valence-corrected chi connectivity index (χ0v) is 44.5. The highest BCUT2D eigenvalue weighted by molar-refractivity contribution is 6.34. The Bertz CT molecular complexity index is 6020. The molecule has 8 aromatic heterocycles. The summed E-state index contributed by atoms with van der Waals surface area (Å²) in [6.45, 7) is 4.48. The van der Waals surface area contributed by atoms with Crippen molar-refractivity contribution in [2.75, 3.05) is 0 Å². The maximum atomic E-state index is 7.17. The summed E-state index contributed by atoms with van der Waals surface area (Å²) in [6.07, 6.45) is 0.865. The van der Waals surface area contributed by atoms with Crippen LogP contribution in [0, 0.1) is 6.92 Å². The van der Waals surface area contributed by atoms with Crippen LogP contribution in [0.3, 0.4) is 0 Å². The number of rotatable bonds is 5. The molecule has 0 aliphatic carbocycles. The first-order valence-corrected chi connectivity index (χ1v) is 28.4. The van der Waals surface area contributed by atoms with Gasteiger partial charge in [-0.05, 0) is 125 Å². The summed E-state index contributed by atoms with van der Waals surface area (Å²) in [5.41, 5.74) is 22.3. The standard InChI is InChI=1S/C76H44N2O4/c1-39-15-18-43(19-16-39)45-35-59-51-25-29-57-49-11-5-8-14-65(49)81-75(57)71(51)78-68(59)60(36-45)54-28-32-58-50-24-17-41(34-66(50)82-76(58)72(54)78)33-40(2)42-20-22-44(23-21-42)46-37-61-52-26-30-55-47-9-3-6-12-63(47)79-73(55)69(52)77-67(61)62(38-46)53-27-31-56-48-10-4-7-13-64(48)80-74(56)70(53)77/h3-32,34-38,40H,33H2,1-2H3. The second-order valence-electron chi connectivity index (χ2n) is 23.2. The van der Waals surface area contributed by atoms with Gasteiger partial charge in [0, 0.05) is 86.2 Å². The van der Waals surface area contributed by atoms with Gasteiger partial charge in [0.05, 0.1) is 33.1 Å². The van der Waals surface area contributed by atoms with Gasteiger partial charge in [-0.2, -0.15) is 0 Å². The van der Waals surface area contributed by atoms with Gasteiger partial charge in [0.1, 0.15) is 22.3 Å². The maximum Gasteiger partial charge on any atom is 0.160 e. The van der Waals surface area contributed by atoms with E-state index in [0.717, 1.165) is 127 Å². The van der Waals surface area contributed by atoms with Gasteiger partial charge in [0.15, 0.2) is 22.3 Å². The van der Waals surface area contributed by atoms with Gasteiger partial charge in [-0.25, -0.2) is 0 Å². The molecule has 12 aromatic carbocycles. The van der Waals surface area contributed by atoms with E-state index in [9.17, 15) is 0 Å². The Morgan fingerprint density at radius 3 is 1.05 bits per heavy atom. The van der Waals surface area contributed by atoms with Gasteiger partial charge >= 0.3 is 0 Å². The van der Waals surface area contributed by atoms with E-state index in [1.807, 2.05) is 12.1 Å². The number of aromatic nitrogens is 2. The molecule has 0 bridgehead atoms. The van der Waals surface area contributed by atoms with E-state index in [1.165, 1.54) is 82.3 Å². The molecule has 1 atom stereocenters. The third-order valence-electron chi connectivity index (χ3n) is 18.7. The number of aryl methyl sites for hydroxylation is 1. The van der Waals surface area contributed by atoms with Gasteiger partial charge in [0.2, 0.25) is 0 Å². The van der Waals surface area contributed by atoms with E-state index < -0.39 is 0 Å². The minimum absolute atomic E-state index is 0.255. The van der Waals surface area contributed by atoms with Gasteiger partial charge in [0.25, 0.3) is 0 Å². The zero-order valence-electron chi connectivity index (χ0n) is 44.5. The number of para-hydroxylation sites is 3. The normalized spacial score (nSPS) is 13.2. The molecular weight excluding hydrogens is 1000 g/mol. The Morgan fingerprint density at radius 2 is 0.634 bits per heavy atom. The molecule has 0 spiro atoms. The van der Waals surface area contributed by atoms with Crippen LogP contribution in [0.25, 0.3) is 186 Å². The quantitative estimate of drug-likeness (QED) is 0.172. The first-order valence-electron chi connectivity index (χ1n) is 28.4. The fourth-order valence-electron chi connectivity index (χ4n) is 14.9. The fourth-order valence-corrected chi connectivity index (χ4v) is 14.9. The lowest BCUT2D eigenvalue weighted by Crippen LogP contribution is -1.98. The largest absolute Gasteiger partial charge is 0.454 e. The number of hydrogen-bond donors (Lipinski definition) is 0. The molecule has 20 aromatic rings. The van der Waals surface area contributed by atoms with Gasteiger partial charge in [-0.3, -0.25) is 0 Å². The van der Waals surface area contributed by atoms with Crippen molar-refractivity contribution in [2.24, 2.45) is 0 Å². The molecule has 0 radical (unpaired) electrons. The van der Waals surface area contributed by atoms with Crippen LogP contribution in [0.4, 0.5) is 0 Å². The fraction of sp³-hybridized carbons (Fsp3) is 0.0526.